The third-order valence-electron chi connectivity index (χ3n) is 2.38. The van der Waals surface area contributed by atoms with Crippen LogP contribution in [0, 0.1) is 10.1 Å². The lowest BCUT2D eigenvalue weighted by atomic mass is 10.3. The minimum Gasteiger partial charge on any atom is -0.476 e. The first-order valence-electron chi connectivity index (χ1n) is 5.36. The van der Waals surface area contributed by atoms with Gasteiger partial charge < -0.3 is 10.1 Å². The summed E-state index contributed by atoms with van der Waals surface area (Å²) >= 11 is 0. The number of nitrogens with zero attached hydrogens (tertiary/aromatic N) is 5. The molecule has 1 N–H and O–H groups in total. The van der Waals surface area contributed by atoms with Gasteiger partial charge in [0.05, 0.1) is 18.2 Å². The Morgan fingerprint density at radius 2 is 2.32 bits per heavy atom. The maximum atomic E-state index is 11.0. The molecule has 0 bridgehead atoms. The van der Waals surface area contributed by atoms with Crippen molar-refractivity contribution >= 4 is 11.5 Å². The molecule has 2 heterocycles. The summed E-state index contributed by atoms with van der Waals surface area (Å²) in [6.07, 6.45) is 4.67. The number of ether oxygens (including phenoxy) is 1. The normalized spacial score (nSPS) is 10.2. The average molecular weight is 264 g/mol. The Kier molecular flexibility index (Phi) is 3.55. The van der Waals surface area contributed by atoms with Gasteiger partial charge >= 0.3 is 5.69 Å². The molecule has 0 saturated heterocycles. The van der Waals surface area contributed by atoms with Crippen LogP contribution in [-0.4, -0.2) is 31.8 Å². The van der Waals surface area contributed by atoms with Gasteiger partial charge in [0.1, 0.15) is 6.33 Å². The van der Waals surface area contributed by atoms with E-state index in [9.17, 15) is 10.1 Å². The Morgan fingerprint density at radius 3 is 2.89 bits per heavy atom. The Bertz CT molecular complexity index is 597. The molecule has 9 nitrogen and oxygen atoms in total. The summed E-state index contributed by atoms with van der Waals surface area (Å²) in [4.78, 5) is 18.0. The van der Waals surface area contributed by atoms with E-state index in [-0.39, 0.29) is 17.4 Å². The van der Waals surface area contributed by atoms with Gasteiger partial charge in [0, 0.05) is 25.4 Å². The molecule has 0 atom stereocenters. The molecule has 0 aliphatic heterocycles. The molecule has 0 spiro atoms. The van der Waals surface area contributed by atoms with Crippen LogP contribution in [0.3, 0.4) is 0 Å². The first kappa shape index (κ1) is 12.7. The van der Waals surface area contributed by atoms with Crippen molar-refractivity contribution in [1.82, 2.24) is 19.7 Å². The van der Waals surface area contributed by atoms with E-state index in [1.54, 1.807) is 24.1 Å². The summed E-state index contributed by atoms with van der Waals surface area (Å²) in [5, 5.41) is 17.9. The Balaban J connectivity index is 2.22. The van der Waals surface area contributed by atoms with Gasteiger partial charge in [-0.15, -0.1) is 0 Å². The summed E-state index contributed by atoms with van der Waals surface area (Å²) in [5.41, 5.74) is 0.600. The molecular weight excluding hydrogens is 252 g/mol. The van der Waals surface area contributed by atoms with Crippen molar-refractivity contribution in [3.63, 3.8) is 0 Å². The fourth-order valence-electron chi connectivity index (χ4n) is 1.55. The van der Waals surface area contributed by atoms with Gasteiger partial charge in [-0.1, -0.05) is 0 Å². The third kappa shape index (κ3) is 2.76. The zero-order valence-electron chi connectivity index (χ0n) is 10.4. The molecule has 0 saturated carbocycles. The highest BCUT2D eigenvalue weighted by atomic mass is 16.6. The van der Waals surface area contributed by atoms with Crippen molar-refractivity contribution < 1.29 is 9.66 Å². The molecule has 2 aromatic rings. The van der Waals surface area contributed by atoms with Crippen LogP contribution in [0.4, 0.5) is 11.5 Å². The van der Waals surface area contributed by atoms with Gasteiger partial charge in [-0.05, 0) is 0 Å². The van der Waals surface area contributed by atoms with Crippen molar-refractivity contribution in [2.45, 2.75) is 6.54 Å². The van der Waals surface area contributed by atoms with Crippen LogP contribution in [0.1, 0.15) is 5.56 Å². The molecule has 9 heteroatoms. The smallest absolute Gasteiger partial charge is 0.372 e. The van der Waals surface area contributed by atoms with Crippen LogP contribution in [-0.2, 0) is 13.6 Å². The fraction of sp³-hybridized carbons (Fsp3) is 0.300. The molecule has 0 amide bonds. The van der Waals surface area contributed by atoms with Gasteiger partial charge in [-0.2, -0.15) is 10.1 Å². The average Bonchev–Trinajstić information content (AvgIpc) is 2.81. The molecule has 2 rings (SSSR count). The van der Waals surface area contributed by atoms with Crippen molar-refractivity contribution in [3.8, 4) is 5.88 Å². The van der Waals surface area contributed by atoms with E-state index < -0.39 is 4.92 Å². The largest absolute Gasteiger partial charge is 0.476 e. The number of rotatable bonds is 5. The van der Waals surface area contributed by atoms with Crippen LogP contribution >= 0.6 is 0 Å². The highest BCUT2D eigenvalue weighted by molar-refractivity contribution is 5.61. The van der Waals surface area contributed by atoms with Crippen molar-refractivity contribution in [2.75, 3.05) is 12.4 Å². The number of hydrogen-bond acceptors (Lipinski definition) is 7. The quantitative estimate of drug-likeness (QED) is 0.626. The zero-order valence-corrected chi connectivity index (χ0v) is 10.4. The molecular formula is C10H12N6O3. The van der Waals surface area contributed by atoms with Crippen molar-refractivity contribution in [2.24, 2.45) is 7.05 Å². The predicted molar refractivity (Wildman–Crippen MR) is 65.8 cm³/mol. The van der Waals surface area contributed by atoms with Crippen LogP contribution in [0.15, 0.2) is 18.7 Å². The Labute approximate surface area is 108 Å². The zero-order chi connectivity index (χ0) is 13.8. The van der Waals surface area contributed by atoms with Gasteiger partial charge in [0.15, 0.2) is 0 Å². The van der Waals surface area contributed by atoms with E-state index >= 15 is 0 Å². The van der Waals surface area contributed by atoms with Gasteiger partial charge in [0.2, 0.25) is 5.82 Å². The van der Waals surface area contributed by atoms with E-state index in [4.69, 9.17) is 4.74 Å². The highest BCUT2D eigenvalue weighted by Crippen LogP contribution is 2.30. The SMILES string of the molecule is COc1ncnc(NCc2cnn(C)c2)c1[N+](=O)[O-]. The second-order valence-corrected chi connectivity index (χ2v) is 3.71. The minimum atomic E-state index is -0.579. The van der Waals surface area contributed by atoms with E-state index in [2.05, 4.69) is 20.4 Å². The monoisotopic (exact) mass is 264 g/mol. The maximum Gasteiger partial charge on any atom is 0.372 e. The number of nitrogens with one attached hydrogen (secondary N) is 1. The van der Waals surface area contributed by atoms with Crippen LogP contribution < -0.4 is 10.1 Å². The summed E-state index contributed by atoms with van der Waals surface area (Å²) in [5.74, 6) is 0.0365. The van der Waals surface area contributed by atoms with Gasteiger partial charge in [-0.3, -0.25) is 14.8 Å². The van der Waals surface area contributed by atoms with Crippen LogP contribution in [0.5, 0.6) is 5.88 Å². The molecule has 100 valence electrons. The van der Waals surface area contributed by atoms with Crippen LogP contribution in [0.2, 0.25) is 0 Å². The van der Waals surface area contributed by atoms with E-state index in [0.29, 0.717) is 6.54 Å². The van der Waals surface area contributed by atoms with E-state index in [0.717, 1.165) is 5.56 Å². The van der Waals surface area contributed by atoms with E-state index in [1.165, 1.54) is 13.4 Å². The summed E-state index contributed by atoms with van der Waals surface area (Å²) < 4.78 is 6.50. The summed E-state index contributed by atoms with van der Waals surface area (Å²) in [6, 6.07) is 0. The number of anilines is 1. The number of methoxy groups -OCH3 is 1. The fourth-order valence-corrected chi connectivity index (χ4v) is 1.55. The second-order valence-electron chi connectivity index (χ2n) is 3.71. The number of aromatic nitrogens is 4. The molecule has 0 radical (unpaired) electrons. The first-order valence-corrected chi connectivity index (χ1v) is 5.36. The van der Waals surface area contributed by atoms with Crippen LogP contribution in [0.25, 0.3) is 0 Å². The second kappa shape index (κ2) is 5.29. The standard InChI is InChI=1S/C10H12N6O3/c1-15-5-7(4-14-15)3-11-9-8(16(17)18)10(19-2)13-6-12-9/h4-6H,3H2,1-2H3,(H,11,12,13). The molecule has 0 fully saturated rings. The first-order chi connectivity index (χ1) is 9.11. The molecule has 0 aromatic carbocycles. The maximum absolute atomic E-state index is 11.0. The molecule has 0 aliphatic rings. The topological polar surface area (TPSA) is 108 Å². The lowest BCUT2D eigenvalue weighted by Gasteiger charge is -2.06. The molecule has 19 heavy (non-hydrogen) atoms. The minimum absolute atomic E-state index is 0.0753. The third-order valence-corrected chi connectivity index (χ3v) is 2.38. The summed E-state index contributed by atoms with van der Waals surface area (Å²) in [7, 11) is 3.11. The van der Waals surface area contributed by atoms with Crippen molar-refractivity contribution in [3.05, 3.63) is 34.4 Å². The Hall–Kier alpha value is -2.71. The Morgan fingerprint density at radius 1 is 1.53 bits per heavy atom. The lowest BCUT2D eigenvalue weighted by Crippen LogP contribution is -2.06. The van der Waals surface area contributed by atoms with E-state index in [1.807, 2.05) is 0 Å². The molecule has 2 aromatic heterocycles. The summed E-state index contributed by atoms with van der Waals surface area (Å²) in [6.45, 7) is 0.370. The number of aryl methyl sites for hydroxylation is 1. The predicted octanol–water partition coefficient (Wildman–Crippen LogP) is 0.739. The lowest BCUT2D eigenvalue weighted by molar-refractivity contribution is -0.385. The molecule has 0 aliphatic carbocycles. The van der Waals surface area contributed by atoms with Gasteiger partial charge in [0.25, 0.3) is 5.88 Å². The van der Waals surface area contributed by atoms with Gasteiger partial charge in [-0.25, -0.2) is 4.98 Å². The number of hydrogen-bond donors (Lipinski definition) is 1. The number of nitro groups is 1. The highest BCUT2D eigenvalue weighted by Gasteiger charge is 2.23. The van der Waals surface area contributed by atoms with Crippen molar-refractivity contribution in [1.29, 1.82) is 0 Å². The molecule has 0 unspecified atom stereocenters.